The van der Waals surface area contributed by atoms with Crippen LogP contribution in [0.5, 0.6) is 0 Å². The molecule has 0 atom stereocenters. The van der Waals surface area contributed by atoms with Gasteiger partial charge in [-0.1, -0.05) is 25.1 Å². The molecule has 0 aliphatic carbocycles. The second kappa shape index (κ2) is 3.90. The quantitative estimate of drug-likeness (QED) is 0.402. The van der Waals surface area contributed by atoms with Crippen molar-refractivity contribution in [2.45, 2.75) is 20.3 Å². The molecule has 2 nitrogen and oxygen atoms in total. The van der Waals surface area contributed by atoms with Crippen molar-refractivity contribution in [1.29, 1.82) is 0 Å². The van der Waals surface area contributed by atoms with Gasteiger partial charge in [0.15, 0.2) is 0 Å². The maximum Gasteiger partial charge on any atom is 0.0543 e. The summed E-state index contributed by atoms with van der Waals surface area (Å²) in [6, 6.07) is 6.22. The minimum Gasteiger partial charge on any atom is -0.323 e. The normalized spacial score (nSPS) is 10.8. The van der Waals surface area contributed by atoms with Gasteiger partial charge in [-0.2, -0.15) is 5.10 Å². The Hall–Kier alpha value is -1.31. The van der Waals surface area contributed by atoms with Crippen LogP contribution in [-0.2, 0) is 6.42 Å². The lowest BCUT2D eigenvalue weighted by Gasteiger charge is -2.04. The van der Waals surface area contributed by atoms with E-state index in [9.17, 15) is 0 Å². The third-order valence-electron chi connectivity index (χ3n) is 2.00. The number of hydrazone groups is 1. The molecule has 64 valence electrons. The molecule has 0 aliphatic heterocycles. The Morgan fingerprint density at radius 2 is 2.25 bits per heavy atom. The molecule has 0 radical (unpaired) electrons. The molecular formula is C10H14N2. The van der Waals surface area contributed by atoms with Gasteiger partial charge in [-0.25, -0.2) is 0 Å². The third-order valence-corrected chi connectivity index (χ3v) is 2.00. The van der Waals surface area contributed by atoms with Crippen molar-refractivity contribution in [3.05, 3.63) is 34.9 Å². The highest BCUT2D eigenvalue weighted by atomic mass is 15.1. The van der Waals surface area contributed by atoms with Crippen molar-refractivity contribution in [2.24, 2.45) is 10.9 Å². The molecule has 0 saturated heterocycles. The van der Waals surface area contributed by atoms with Crippen molar-refractivity contribution in [3.63, 3.8) is 0 Å². The summed E-state index contributed by atoms with van der Waals surface area (Å²) >= 11 is 0. The first kappa shape index (κ1) is 8.78. The van der Waals surface area contributed by atoms with Gasteiger partial charge in [-0.05, 0) is 24.5 Å². The van der Waals surface area contributed by atoms with E-state index in [-0.39, 0.29) is 0 Å². The van der Waals surface area contributed by atoms with Gasteiger partial charge in [0.2, 0.25) is 0 Å². The number of hydrogen-bond acceptors (Lipinski definition) is 2. The number of benzene rings is 1. The molecular weight excluding hydrogens is 148 g/mol. The van der Waals surface area contributed by atoms with E-state index < -0.39 is 0 Å². The number of nitrogens with zero attached hydrogens (tertiary/aromatic N) is 1. The van der Waals surface area contributed by atoms with Gasteiger partial charge in [0.25, 0.3) is 0 Å². The summed E-state index contributed by atoms with van der Waals surface area (Å²) in [7, 11) is 0. The molecule has 12 heavy (non-hydrogen) atoms. The standard InChI is InChI=1S/C10H14N2/c1-3-9-6-4-5-8(2)10(9)7-12-11/h4-7H,3,11H2,1-2H3. The molecule has 0 bridgehead atoms. The second-order valence-electron chi connectivity index (χ2n) is 2.78. The molecule has 1 rings (SSSR count). The number of nitrogens with two attached hydrogens (primary N) is 1. The molecule has 2 N–H and O–H groups in total. The van der Waals surface area contributed by atoms with Gasteiger partial charge >= 0.3 is 0 Å². The Morgan fingerprint density at radius 3 is 2.83 bits per heavy atom. The average molecular weight is 162 g/mol. The van der Waals surface area contributed by atoms with Gasteiger partial charge in [0.1, 0.15) is 0 Å². The van der Waals surface area contributed by atoms with Gasteiger partial charge < -0.3 is 5.84 Å². The van der Waals surface area contributed by atoms with Crippen LogP contribution in [0, 0.1) is 6.92 Å². The highest BCUT2D eigenvalue weighted by Crippen LogP contribution is 2.12. The maximum atomic E-state index is 5.12. The minimum absolute atomic E-state index is 1.02. The Labute approximate surface area is 73.1 Å². The second-order valence-corrected chi connectivity index (χ2v) is 2.78. The van der Waals surface area contributed by atoms with Crippen LogP contribution in [0.15, 0.2) is 23.3 Å². The minimum atomic E-state index is 1.02. The van der Waals surface area contributed by atoms with Crippen LogP contribution in [-0.4, -0.2) is 6.21 Å². The van der Waals surface area contributed by atoms with Crippen LogP contribution < -0.4 is 5.84 Å². The predicted molar refractivity (Wildman–Crippen MR) is 52.3 cm³/mol. The first-order valence-electron chi connectivity index (χ1n) is 4.11. The van der Waals surface area contributed by atoms with Gasteiger partial charge in [-0.15, -0.1) is 0 Å². The topological polar surface area (TPSA) is 38.4 Å². The average Bonchev–Trinajstić information content (AvgIpc) is 2.09. The molecule has 1 aromatic carbocycles. The van der Waals surface area contributed by atoms with Crippen molar-refractivity contribution in [1.82, 2.24) is 0 Å². The van der Waals surface area contributed by atoms with Gasteiger partial charge in [-0.3, -0.25) is 0 Å². The van der Waals surface area contributed by atoms with Crippen LogP contribution in [0.25, 0.3) is 0 Å². The molecule has 0 aliphatic rings. The monoisotopic (exact) mass is 162 g/mol. The Bertz CT molecular complexity index is 290. The lowest BCUT2D eigenvalue weighted by atomic mass is 10.0. The van der Waals surface area contributed by atoms with E-state index in [1.165, 1.54) is 11.1 Å². The van der Waals surface area contributed by atoms with Crippen molar-refractivity contribution < 1.29 is 0 Å². The SMILES string of the molecule is CCc1cccc(C)c1C=NN. The zero-order valence-corrected chi connectivity index (χ0v) is 7.54. The zero-order chi connectivity index (χ0) is 8.97. The van der Waals surface area contributed by atoms with E-state index in [1.807, 2.05) is 0 Å². The van der Waals surface area contributed by atoms with Gasteiger partial charge in [0, 0.05) is 5.56 Å². The smallest absolute Gasteiger partial charge is 0.0543 e. The highest BCUT2D eigenvalue weighted by molar-refractivity contribution is 5.83. The Balaban J connectivity index is 3.19. The molecule has 0 spiro atoms. The van der Waals surface area contributed by atoms with E-state index in [2.05, 4.69) is 37.1 Å². The van der Waals surface area contributed by atoms with E-state index in [0.29, 0.717) is 0 Å². The fourth-order valence-electron chi connectivity index (χ4n) is 1.31. The van der Waals surface area contributed by atoms with Crippen molar-refractivity contribution >= 4 is 6.21 Å². The lowest BCUT2D eigenvalue weighted by molar-refractivity contribution is 1.12. The van der Waals surface area contributed by atoms with Crippen LogP contribution in [0.1, 0.15) is 23.6 Å². The summed E-state index contributed by atoms with van der Waals surface area (Å²) < 4.78 is 0. The fourth-order valence-corrected chi connectivity index (χ4v) is 1.31. The Morgan fingerprint density at radius 1 is 1.50 bits per heavy atom. The van der Waals surface area contributed by atoms with E-state index >= 15 is 0 Å². The summed E-state index contributed by atoms with van der Waals surface area (Å²) in [6.07, 6.45) is 2.73. The first-order chi connectivity index (χ1) is 5.79. The van der Waals surface area contributed by atoms with Crippen molar-refractivity contribution in [3.8, 4) is 0 Å². The number of aryl methyl sites for hydroxylation is 2. The molecule has 0 amide bonds. The summed E-state index contributed by atoms with van der Waals surface area (Å²) in [6.45, 7) is 4.19. The Kier molecular flexibility index (Phi) is 2.86. The molecule has 2 heteroatoms. The van der Waals surface area contributed by atoms with Crippen LogP contribution in [0.4, 0.5) is 0 Å². The summed E-state index contributed by atoms with van der Waals surface area (Å²) in [5.74, 6) is 5.12. The third kappa shape index (κ3) is 1.64. The molecule has 0 aromatic heterocycles. The maximum absolute atomic E-state index is 5.12. The first-order valence-corrected chi connectivity index (χ1v) is 4.11. The van der Waals surface area contributed by atoms with Crippen LogP contribution in [0.2, 0.25) is 0 Å². The van der Waals surface area contributed by atoms with E-state index in [0.717, 1.165) is 12.0 Å². The summed E-state index contributed by atoms with van der Waals surface area (Å²) in [5, 5.41) is 3.55. The summed E-state index contributed by atoms with van der Waals surface area (Å²) in [5.41, 5.74) is 3.68. The molecule has 0 unspecified atom stereocenters. The molecule has 0 heterocycles. The number of rotatable bonds is 2. The molecule has 0 saturated carbocycles. The molecule has 0 fully saturated rings. The fraction of sp³-hybridized carbons (Fsp3) is 0.300. The largest absolute Gasteiger partial charge is 0.323 e. The van der Waals surface area contributed by atoms with Crippen LogP contribution in [0.3, 0.4) is 0 Å². The molecule has 1 aromatic rings. The van der Waals surface area contributed by atoms with Gasteiger partial charge in [0.05, 0.1) is 6.21 Å². The van der Waals surface area contributed by atoms with E-state index in [4.69, 9.17) is 5.84 Å². The van der Waals surface area contributed by atoms with E-state index in [1.54, 1.807) is 6.21 Å². The summed E-state index contributed by atoms with van der Waals surface area (Å²) in [4.78, 5) is 0. The van der Waals surface area contributed by atoms with Crippen molar-refractivity contribution in [2.75, 3.05) is 0 Å². The van der Waals surface area contributed by atoms with Crippen LogP contribution >= 0.6 is 0 Å². The predicted octanol–water partition coefficient (Wildman–Crippen LogP) is 1.85. The lowest BCUT2D eigenvalue weighted by Crippen LogP contribution is -1.96. The number of hydrogen-bond donors (Lipinski definition) is 1. The highest BCUT2D eigenvalue weighted by Gasteiger charge is 1.99. The zero-order valence-electron chi connectivity index (χ0n) is 7.54.